The Bertz CT molecular complexity index is 857. The van der Waals surface area contributed by atoms with Gasteiger partial charge in [0.1, 0.15) is 11.9 Å². The lowest BCUT2D eigenvalue weighted by atomic mass is 10.1. The number of aromatic nitrogens is 2. The van der Waals surface area contributed by atoms with Gasteiger partial charge in [0.2, 0.25) is 6.23 Å². The largest absolute Gasteiger partial charge is 0.449 e. The summed E-state index contributed by atoms with van der Waals surface area (Å²) in [4.78, 5) is 27.5. The molecule has 0 amide bonds. The molecule has 3 rings (SSSR count). The van der Waals surface area contributed by atoms with E-state index in [2.05, 4.69) is 4.98 Å². The molecule has 1 aromatic heterocycles. The van der Waals surface area contributed by atoms with Gasteiger partial charge in [0.15, 0.2) is 6.10 Å². The highest BCUT2D eigenvalue weighted by molar-refractivity contribution is 5.89. The van der Waals surface area contributed by atoms with Gasteiger partial charge >= 0.3 is 17.6 Å². The van der Waals surface area contributed by atoms with Gasteiger partial charge in [-0.3, -0.25) is 4.57 Å². The molecule has 1 saturated heterocycles. The van der Waals surface area contributed by atoms with Crippen molar-refractivity contribution in [2.45, 2.75) is 37.7 Å². The van der Waals surface area contributed by atoms with Crippen molar-refractivity contribution in [3.8, 4) is 0 Å². The number of halogens is 2. The van der Waals surface area contributed by atoms with E-state index in [9.17, 15) is 18.4 Å². The van der Waals surface area contributed by atoms with Crippen LogP contribution < -0.4 is 11.4 Å². The summed E-state index contributed by atoms with van der Waals surface area (Å²) >= 11 is 0. The number of nitrogen functional groups attached to an aromatic ring is 1. The summed E-state index contributed by atoms with van der Waals surface area (Å²) < 4.78 is 40.9. The topological polar surface area (TPSA) is 96.4 Å². The van der Waals surface area contributed by atoms with Crippen LogP contribution >= 0.6 is 0 Å². The van der Waals surface area contributed by atoms with Gasteiger partial charge in [-0.15, -0.1) is 0 Å². The van der Waals surface area contributed by atoms with Crippen molar-refractivity contribution in [2.75, 3.05) is 5.73 Å². The second-order valence-electron chi connectivity index (χ2n) is 5.84. The molecule has 3 atom stereocenters. The molecule has 2 aromatic rings. The summed E-state index contributed by atoms with van der Waals surface area (Å²) in [6.45, 7) is 1.62. The highest BCUT2D eigenvalue weighted by Crippen LogP contribution is 2.45. The highest BCUT2D eigenvalue weighted by atomic mass is 19.3. The number of benzene rings is 1. The molecule has 138 valence electrons. The number of carbonyl (C=O) groups excluding carboxylic acids is 1. The molecule has 0 spiro atoms. The minimum absolute atomic E-state index is 0.0911. The van der Waals surface area contributed by atoms with Gasteiger partial charge in [0.25, 0.3) is 0 Å². The van der Waals surface area contributed by atoms with E-state index in [0.29, 0.717) is 4.57 Å². The van der Waals surface area contributed by atoms with Gasteiger partial charge in [-0.2, -0.15) is 13.8 Å². The smallest absolute Gasteiger partial charge is 0.351 e. The maximum atomic E-state index is 14.9. The monoisotopic (exact) mass is 365 g/mol. The molecule has 1 aromatic carbocycles. The van der Waals surface area contributed by atoms with Crippen molar-refractivity contribution in [1.29, 1.82) is 0 Å². The first-order valence-corrected chi connectivity index (χ1v) is 7.98. The number of nitrogens with two attached hydrogens (primary N) is 1. The van der Waals surface area contributed by atoms with Crippen LogP contribution in [0, 0.1) is 0 Å². The normalized spacial score (nSPS) is 24.3. The minimum Gasteiger partial charge on any atom is -0.449 e. The van der Waals surface area contributed by atoms with E-state index >= 15 is 0 Å². The number of esters is 1. The first-order chi connectivity index (χ1) is 12.3. The van der Waals surface area contributed by atoms with Crippen LogP contribution in [0.1, 0.15) is 29.9 Å². The van der Waals surface area contributed by atoms with Crippen LogP contribution in [0.25, 0.3) is 0 Å². The zero-order valence-electron chi connectivity index (χ0n) is 13.8. The van der Waals surface area contributed by atoms with Gasteiger partial charge in [-0.1, -0.05) is 25.1 Å². The van der Waals surface area contributed by atoms with E-state index in [0.717, 1.165) is 6.20 Å². The lowest BCUT2D eigenvalue weighted by Crippen LogP contribution is -2.43. The number of hydrogen-bond donors (Lipinski definition) is 1. The average Bonchev–Trinajstić information content (AvgIpc) is 2.86. The van der Waals surface area contributed by atoms with Crippen molar-refractivity contribution in [1.82, 2.24) is 9.55 Å². The predicted octanol–water partition coefficient (Wildman–Crippen LogP) is 1.99. The molecule has 0 bridgehead atoms. The molecule has 0 aliphatic carbocycles. The van der Waals surface area contributed by atoms with Gasteiger partial charge in [-0.05, 0) is 24.6 Å². The Morgan fingerprint density at radius 3 is 2.65 bits per heavy atom. The Morgan fingerprint density at radius 1 is 1.35 bits per heavy atom. The molecule has 1 fully saturated rings. The first-order valence-electron chi connectivity index (χ1n) is 7.98. The average molecular weight is 365 g/mol. The first kappa shape index (κ1) is 18.0. The summed E-state index contributed by atoms with van der Waals surface area (Å²) in [6.07, 6.45) is -3.61. The van der Waals surface area contributed by atoms with Crippen molar-refractivity contribution < 1.29 is 23.0 Å². The van der Waals surface area contributed by atoms with E-state index in [4.69, 9.17) is 15.2 Å². The molecule has 2 N–H and O–H groups in total. The van der Waals surface area contributed by atoms with Gasteiger partial charge in [0.05, 0.1) is 5.56 Å². The van der Waals surface area contributed by atoms with Crippen molar-refractivity contribution in [3.63, 3.8) is 0 Å². The zero-order chi connectivity index (χ0) is 18.9. The summed E-state index contributed by atoms with van der Waals surface area (Å²) in [5, 5.41) is 0. The third-order valence-corrected chi connectivity index (χ3v) is 4.10. The van der Waals surface area contributed by atoms with E-state index < -0.39 is 36.0 Å². The number of hydrogen-bond acceptors (Lipinski definition) is 6. The van der Waals surface area contributed by atoms with E-state index in [1.807, 2.05) is 0 Å². The molecular formula is C17H17F2N3O4. The summed E-state index contributed by atoms with van der Waals surface area (Å²) in [6, 6.07) is 9.02. The number of rotatable bonds is 4. The molecule has 9 heteroatoms. The van der Waals surface area contributed by atoms with Crippen LogP contribution in [-0.4, -0.2) is 33.7 Å². The SMILES string of the molecule is CC[C@H]1O[C@@H](n2ccc(N)nc2=O)C(F)(F)C1OC(=O)c1ccccc1. The number of carbonyl (C=O) groups is 1. The lowest BCUT2D eigenvalue weighted by molar-refractivity contribution is -0.142. The van der Waals surface area contributed by atoms with Crippen LogP contribution in [0.2, 0.25) is 0 Å². The van der Waals surface area contributed by atoms with Gasteiger partial charge < -0.3 is 15.2 Å². The number of alkyl halides is 2. The number of anilines is 1. The van der Waals surface area contributed by atoms with Gasteiger partial charge in [0, 0.05) is 6.20 Å². The second kappa shape index (κ2) is 6.83. The lowest BCUT2D eigenvalue weighted by Gasteiger charge is -2.24. The maximum absolute atomic E-state index is 14.9. The van der Waals surface area contributed by atoms with Crippen LogP contribution in [0.3, 0.4) is 0 Å². The molecule has 2 heterocycles. The summed E-state index contributed by atoms with van der Waals surface area (Å²) in [5.74, 6) is -4.61. The Labute approximate surface area is 147 Å². The van der Waals surface area contributed by atoms with Crippen LogP contribution in [0.5, 0.6) is 0 Å². The molecule has 7 nitrogen and oxygen atoms in total. The molecule has 1 aliphatic heterocycles. The Balaban J connectivity index is 1.90. The molecule has 0 saturated carbocycles. The second-order valence-corrected chi connectivity index (χ2v) is 5.84. The highest BCUT2D eigenvalue weighted by Gasteiger charge is 2.61. The number of nitrogens with zero attached hydrogens (tertiary/aromatic N) is 2. The van der Waals surface area contributed by atoms with E-state index in [1.165, 1.54) is 18.2 Å². The Morgan fingerprint density at radius 2 is 2.04 bits per heavy atom. The van der Waals surface area contributed by atoms with E-state index in [-0.39, 0.29) is 17.8 Å². The molecule has 26 heavy (non-hydrogen) atoms. The number of ether oxygens (including phenoxy) is 2. The third-order valence-electron chi connectivity index (χ3n) is 4.10. The fourth-order valence-electron chi connectivity index (χ4n) is 2.79. The molecule has 0 radical (unpaired) electrons. The Kier molecular flexibility index (Phi) is 4.73. The fourth-order valence-corrected chi connectivity index (χ4v) is 2.79. The van der Waals surface area contributed by atoms with Crippen LogP contribution in [-0.2, 0) is 9.47 Å². The third kappa shape index (κ3) is 3.17. The fraction of sp³-hybridized carbons (Fsp3) is 0.353. The van der Waals surface area contributed by atoms with Crippen molar-refractivity contribution in [3.05, 3.63) is 58.6 Å². The Hall–Kier alpha value is -2.81. The standard InChI is InChI=1S/C17H17F2N3O4/c1-2-11-13(26-14(23)10-6-4-3-5-7-10)17(18,19)15(25-11)22-9-8-12(20)21-16(22)24/h3-9,11,13,15H,2H2,1H3,(H2,20,21,24)/t11-,13?,15-/m1/s1. The van der Waals surface area contributed by atoms with Crippen molar-refractivity contribution in [2.24, 2.45) is 0 Å². The minimum atomic E-state index is -3.63. The summed E-state index contributed by atoms with van der Waals surface area (Å²) in [5.41, 5.74) is 4.56. The zero-order valence-corrected chi connectivity index (χ0v) is 13.8. The molecule has 1 unspecified atom stereocenters. The van der Waals surface area contributed by atoms with Gasteiger partial charge in [-0.25, -0.2) is 9.59 Å². The summed E-state index contributed by atoms with van der Waals surface area (Å²) in [7, 11) is 0. The molecular weight excluding hydrogens is 348 g/mol. The van der Waals surface area contributed by atoms with Crippen LogP contribution in [0.4, 0.5) is 14.6 Å². The van der Waals surface area contributed by atoms with E-state index in [1.54, 1.807) is 25.1 Å². The predicted molar refractivity (Wildman–Crippen MR) is 87.7 cm³/mol. The molecule has 1 aliphatic rings. The quantitative estimate of drug-likeness (QED) is 0.833. The van der Waals surface area contributed by atoms with Crippen LogP contribution in [0.15, 0.2) is 47.4 Å². The maximum Gasteiger partial charge on any atom is 0.351 e. The van der Waals surface area contributed by atoms with Crippen molar-refractivity contribution >= 4 is 11.8 Å².